The topological polar surface area (TPSA) is 125 Å². The molecule has 0 atom stereocenters. The third-order valence-corrected chi connectivity index (χ3v) is 4.00. The first-order valence-electron chi connectivity index (χ1n) is 7.47. The summed E-state index contributed by atoms with van der Waals surface area (Å²) in [4.78, 5) is 35.9. The molecule has 1 aliphatic heterocycles. The molecule has 2 aromatic heterocycles. The number of nitrogen functional groups attached to an aromatic ring is 1. The van der Waals surface area contributed by atoms with Gasteiger partial charge in [-0.05, 0) is 19.1 Å². The zero-order chi connectivity index (χ0) is 18.6. The Morgan fingerprint density at radius 1 is 1.15 bits per heavy atom. The number of fused-ring (bicyclic) bond motifs is 1. The first-order chi connectivity index (χ1) is 12.4. The highest BCUT2D eigenvalue weighted by atomic mass is 19.1. The molecule has 1 aromatic carbocycles. The molecule has 0 spiro atoms. The third kappa shape index (κ3) is 2.19. The lowest BCUT2D eigenvalue weighted by Crippen LogP contribution is -2.24. The molecule has 0 saturated heterocycles. The van der Waals surface area contributed by atoms with Crippen LogP contribution in [-0.4, -0.2) is 31.4 Å². The first kappa shape index (κ1) is 15.7. The van der Waals surface area contributed by atoms with Crippen molar-refractivity contribution in [3.63, 3.8) is 0 Å². The van der Waals surface area contributed by atoms with E-state index >= 15 is 0 Å². The number of imide groups is 1. The van der Waals surface area contributed by atoms with Crippen LogP contribution in [0.25, 0.3) is 11.4 Å². The number of aryl methyl sites for hydroxylation is 1. The van der Waals surface area contributed by atoms with E-state index in [-0.39, 0.29) is 22.6 Å². The van der Waals surface area contributed by atoms with Crippen molar-refractivity contribution in [3.8, 4) is 11.4 Å². The summed E-state index contributed by atoms with van der Waals surface area (Å²) < 4.78 is 16.9. The number of nitrogens with zero attached hydrogens (tertiary/aromatic N) is 4. The highest BCUT2D eigenvalue weighted by Gasteiger charge is 2.32. The van der Waals surface area contributed by atoms with Gasteiger partial charge in [0.2, 0.25) is 0 Å². The Morgan fingerprint density at radius 2 is 1.92 bits per heavy atom. The Kier molecular flexibility index (Phi) is 3.22. The number of amides is 2. The van der Waals surface area contributed by atoms with Crippen LogP contribution in [0.1, 0.15) is 26.4 Å². The van der Waals surface area contributed by atoms with Gasteiger partial charge in [-0.3, -0.25) is 24.3 Å². The number of rotatable bonds is 2. The minimum absolute atomic E-state index is 0.121. The largest absolute Gasteiger partial charge is 0.384 e. The lowest BCUT2D eigenvalue weighted by molar-refractivity contribution is 0.0880. The van der Waals surface area contributed by atoms with E-state index in [0.29, 0.717) is 11.4 Å². The number of hydrogen-bond acceptors (Lipinski definition) is 6. The second-order valence-electron chi connectivity index (χ2n) is 5.72. The van der Waals surface area contributed by atoms with E-state index in [2.05, 4.69) is 15.6 Å². The average molecular weight is 354 g/mol. The van der Waals surface area contributed by atoms with Gasteiger partial charge >= 0.3 is 0 Å². The van der Waals surface area contributed by atoms with E-state index in [1.807, 2.05) is 0 Å². The number of anilines is 1. The smallest absolute Gasteiger partial charge is 0.262 e. The number of carbonyl (C=O) groups is 2. The maximum atomic E-state index is 14.7. The summed E-state index contributed by atoms with van der Waals surface area (Å²) in [5.74, 6) is -2.50. The van der Waals surface area contributed by atoms with E-state index in [1.54, 1.807) is 13.1 Å². The van der Waals surface area contributed by atoms with Crippen molar-refractivity contribution in [1.29, 1.82) is 0 Å². The van der Waals surface area contributed by atoms with Crippen molar-refractivity contribution in [3.05, 3.63) is 63.5 Å². The van der Waals surface area contributed by atoms with Crippen LogP contribution in [0.15, 0.2) is 35.3 Å². The maximum absolute atomic E-state index is 14.7. The molecule has 2 amide bonds. The number of pyridine rings is 1. The van der Waals surface area contributed by atoms with Gasteiger partial charge in [-0.2, -0.15) is 0 Å². The molecule has 10 heteroatoms. The van der Waals surface area contributed by atoms with Crippen LogP contribution in [0.2, 0.25) is 0 Å². The molecule has 9 nitrogen and oxygen atoms in total. The summed E-state index contributed by atoms with van der Waals surface area (Å²) >= 11 is 0. The molecular weight excluding hydrogens is 343 g/mol. The normalized spacial score (nSPS) is 13.0. The van der Waals surface area contributed by atoms with Crippen molar-refractivity contribution in [2.75, 3.05) is 5.73 Å². The summed E-state index contributed by atoms with van der Waals surface area (Å²) in [6.07, 6.45) is 1.61. The van der Waals surface area contributed by atoms with Crippen LogP contribution in [0.5, 0.6) is 0 Å². The van der Waals surface area contributed by atoms with Crippen LogP contribution in [0.3, 0.4) is 0 Å². The number of nitrogens with two attached hydrogens (primary N) is 1. The van der Waals surface area contributed by atoms with Crippen molar-refractivity contribution in [2.45, 2.75) is 6.92 Å². The molecule has 0 unspecified atom stereocenters. The van der Waals surface area contributed by atoms with Gasteiger partial charge in [-0.15, -0.1) is 5.10 Å². The van der Waals surface area contributed by atoms with Crippen LogP contribution in [0.4, 0.5) is 10.2 Å². The van der Waals surface area contributed by atoms with E-state index in [9.17, 15) is 18.8 Å². The van der Waals surface area contributed by atoms with Crippen LogP contribution in [0, 0.1) is 12.7 Å². The number of benzene rings is 1. The molecule has 0 aliphatic carbocycles. The fraction of sp³-hybridized carbons (Fsp3) is 0.0625. The van der Waals surface area contributed by atoms with Crippen LogP contribution in [-0.2, 0) is 0 Å². The maximum Gasteiger partial charge on any atom is 0.262 e. The summed E-state index contributed by atoms with van der Waals surface area (Å²) in [6, 6.07) is 4.98. The van der Waals surface area contributed by atoms with Crippen molar-refractivity contribution in [2.24, 2.45) is 0 Å². The lowest BCUT2D eigenvalue weighted by Gasteiger charge is -2.13. The Hall–Kier alpha value is -3.82. The van der Waals surface area contributed by atoms with Gasteiger partial charge in [0.1, 0.15) is 11.6 Å². The zero-order valence-electron chi connectivity index (χ0n) is 13.4. The number of aromatic nitrogens is 4. The van der Waals surface area contributed by atoms with E-state index in [0.717, 1.165) is 16.7 Å². The van der Waals surface area contributed by atoms with Crippen molar-refractivity contribution < 1.29 is 14.0 Å². The zero-order valence-corrected chi connectivity index (χ0v) is 13.4. The molecule has 26 heavy (non-hydrogen) atoms. The average Bonchev–Trinajstić information content (AvgIpc) is 3.12. The molecule has 0 fully saturated rings. The van der Waals surface area contributed by atoms with E-state index < -0.39 is 23.2 Å². The Balaban J connectivity index is 1.89. The molecule has 3 N–H and O–H groups in total. The molecule has 4 rings (SSSR count). The summed E-state index contributed by atoms with van der Waals surface area (Å²) in [5, 5.41) is 9.73. The number of halogens is 1. The summed E-state index contributed by atoms with van der Waals surface area (Å²) in [5.41, 5.74) is 5.80. The summed E-state index contributed by atoms with van der Waals surface area (Å²) in [6.45, 7) is 1.74. The number of nitrogens with one attached hydrogen (secondary N) is 1. The second kappa shape index (κ2) is 5.34. The number of hydrogen-bond donors (Lipinski definition) is 2. The first-order valence-corrected chi connectivity index (χ1v) is 7.47. The predicted molar refractivity (Wildman–Crippen MR) is 87.9 cm³/mol. The Labute approximate surface area is 144 Å². The van der Waals surface area contributed by atoms with Gasteiger partial charge in [0.15, 0.2) is 0 Å². The molecule has 3 heterocycles. The predicted octanol–water partition coefficient (Wildman–Crippen LogP) is 0.332. The highest BCUT2D eigenvalue weighted by Crippen LogP contribution is 2.25. The minimum atomic E-state index is -0.755. The third-order valence-electron chi connectivity index (χ3n) is 4.00. The highest BCUT2D eigenvalue weighted by molar-refractivity contribution is 6.23. The standard InChI is InChI=1S/C16H11FN6O3/c1-7-6-22(21-20-7)8-2-3-11(10(17)4-8)23-12(24)5-9-13(14(23)18)16(26)19-15(9)25/h2-6H,18H2,1H3,(H,19,25,26). The van der Waals surface area contributed by atoms with E-state index in [1.165, 1.54) is 16.8 Å². The monoisotopic (exact) mass is 354 g/mol. The van der Waals surface area contributed by atoms with Crippen molar-refractivity contribution in [1.82, 2.24) is 24.9 Å². The lowest BCUT2D eigenvalue weighted by atomic mass is 10.1. The molecule has 0 radical (unpaired) electrons. The van der Waals surface area contributed by atoms with Gasteiger partial charge in [-0.25, -0.2) is 9.07 Å². The van der Waals surface area contributed by atoms with Gasteiger partial charge in [0, 0.05) is 12.1 Å². The SMILES string of the molecule is Cc1cn(-c2ccc(-n3c(N)c4c(cc3=O)C(=O)NC4=O)c(F)c2)nn1. The van der Waals surface area contributed by atoms with Gasteiger partial charge < -0.3 is 5.73 Å². The molecule has 130 valence electrons. The molecular formula is C16H11FN6O3. The molecule has 0 bridgehead atoms. The van der Waals surface area contributed by atoms with Crippen LogP contribution < -0.4 is 16.6 Å². The second-order valence-corrected chi connectivity index (χ2v) is 5.72. The number of carbonyl (C=O) groups excluding carboxylic acids is 2. The fourth-order valence-electron chi connectivity index (χ4n) is 2.82. The Bertz CT molecular complexity index is 1160. The van der Waals surface area contributed by atoms with Gasteiger partial charge in [0.05, 0.1) is 34.4 Å². The molecule has 3 aromatic rings. The minimum Gasteiger partial charge on any atom is -0.384 e. The van der Waals surface area contributed by atoms with E-state index in [4.69, 9.17) is 5.73 Å². The summed E-state index contributed by atoms with van der Waals surface area (Å²) in [7, 11) is 0. The molecule has 0 saturated carbocycles. The fourth-order valence-corrected chi connectivity index (χ4v) is 2.82. The molecule has 1 aliphatic rings. The Morgan fingerprint density at radius 3 is 2.58 bits per heavy atom. The van der Waals surface area contributed by atoms with Crippen molar-refractivity contribution >= 4 is 17.6 Å². The van der Waals surface area contributed by atoms with Gasteiger partial charge in [-0.1, -0.05) is 5.21 Å². The van der Waals surface area contributed by atoms with Crippen LogP contribution >= 0.6 is 0 Å². The van der Waals surface area contributed by atoms with Gasteiger partial charge in [0.25, 0.3) is 17.4 Å². The quantitative estimate of drug-likeness (QED) is 0.639.